The maximum Gasteiger partial charge on any atom is 0.224 e. The molecule has 0 fully saturated rings. The Morgan fingerprint density at radius 1 is 1.35 bits per heavy atom. The summed E-state index contributed by atoms with van der Waals surface area (Å²) >= 11 is 0. The highest BCUT2D eigenvalue weighted by molar-refractivity contribution is 5.78. The van der Waals surface area contributed by atoms with E-state index < -0.39 is 0 Å². The van der Waals surface area contributed by atoms with Gasteiger partial charge in [0.1, 0.15) is 5.82 Å². The van der Waals surface area contributed by atoms with E-state index in [1.54, 1.807) is 12.1 Å². The van der Waals surface area contributed by atoms with Crippen LogP contribution < -0.4 is 5.32 Å². The van der Waals surface area contributed by atoms with Gasteiger partial charge in [-0.25, -0.2) is 4.39 Å². The molecule has 0 spiro atoms. The van der Waals surface area contributed by atoms with Gasteiger partial charge in [-0.05, 0) is 23.6 Å². The van der Waals surface area contributed by atoms with Gasteiger partial charge in [0.05, 0.1) is 19.1 Å². The van der Waals surface area contributed by atoms with Gasteiger partial charge >= 0.3 is 0 Å². The number of hydrogen-bond acceptors (Lipinski definition) is 2. The summed E-state index contributed by atoms with van der Waals surface area (Å²) < 4.78 is 12.7. The zero-order valence-corrected chi connectivity index (χ0v) is 10.1. The van der Waals surface area contributed by atoms with Crippen molar-refractivity contribution in [2.75, 3.05) is 6.61 Å². The number of nitrogens with one attached hydrogen (secondary N) is 1. The summed E-state index contributed by atoms with van der Waals surface area (Å²) in [6, 6.07) is 5.59. The van der Waals surface area contributed by atoms with E-state index in [1.165, 1.54) is 12.1 Å². The first-order valence-corrected chi connectivity index (χ1v) is 5.67. The van der Waals surface area contributed by atoms with E-state index in [0.29, 0.717) is 0 Å². The predicted octanol–water partition coefficient (Wildman–Crippen LogP) is 1.50. The summed E-state index contributed by atoms with van der Waals surface area (Å²) in [7, 11) is 0. The van der Waals surface area contributed by atoms with Gasteiger partial charge in [-0.2, -0.15) is 0 Å². The fourth-order valence-corrected chi connectivity index (χ4v) is 1.47. The zero-order valence-electron chi connectivity index (χ0n) is 10.1. The van der Waals surface area contributed by atoms with Gasteiger partial charge in [0.2, 0.25) is 5.91 Å². The Hall–Kier alpha value is -1.42. The molecule has 1 aromatic rings. The van der Waals surface area contributed by atoms with Crippen molar-refractivity contribution in [3.05, 3.63) is 35.6 Å². The third-order valence-corrected chi connectivity index (χ3v) is 2.63. The standard InChI is InChI=1S/C13H18FNO2/c1-9(2)12(8-16)15-13(17)7-10-3-5-11(14)6-4-10/h3-6,9,12,16H,7-8H2,1-2H3,(H,15,17)/t12-/m1/s1. The molecule has 3 nitrogen and oxygen atoms in total. The highest BCUT2D eigenvalue weighted by atomic mass is 19.1. The van der Waals surface area contributed by atoms with Gasteiger partial charge in [0.25, 0.3) is 0 Å². The van der Waals surface area contributed by atoms with Crippen LogP contribution in [0.25, 0.3) is 0 Å². The van der Waals surface area contributed by atoms with E-state index in [2.05, 4.69) is 5.32 Å². The van der Waals surface area contributed by atoms with Crippen LogP contribution in [-0.2, 0) is 11.2 Å². The smallest absolute Gasteiger partial charge is 0.224 e. The van der Waals surface area contributed by atoms with Gasteiger partial charge in [0, 0.05) is 0 Å². The Labute approximate surface area is 101 Å². The van der Waals surface area contributed by atoms with E-state index in [4.69, 9.17) is 5.11 Å². The topological polar surface area (TPSA) is 49.3 Å². The number of benzene rings is 1. The molecule has 17 heavy (non-hydrogen) atoms. The molecule has 4 heteroatoms. The molecule has 0 unspecified atom stereocenters. The Balaban J connectivity index is 2.52. The molecule has 2 N–H and O–H groups in total. The normalized spacial score (nSPS) is 12.5. The molecule has 0 heterocycles. The average molecular weight is 239 g/mol. The van der Waals surface area contributed by atoms with E-state index in [0.717, 1.165) is 5.56 Å². The van der Waals surface area contributed by atoms with Crippen molar-refractivity contribution in [3.63, 3.8) is 0 Å². The third kappa shape index (κ3) is 4.53. The molecule has 0 aromatic heterocycles. The SMILES string of the molecule is CC(C)[C@@H](CO)NC(=O)Cc1ccc(F)cc1. The molecule has 0 aliphatic heterocycles. The van der Waals surface area contributed by atoms with Crippen LogP contribution in [0.3, 0.4) is 0 Å². The van der Waals surface area contributed by atoms with Gasteiger partial charge in [0.15, 0.2) is 0 Å². The third-order valence-electron chi connectivity index (χ3n) is 2.63. The Bertz CT molecular complexity index is 362. The number of aliphatic hydroxyl groups excluding tert-OH is 1. The van der Waals surface area contributed by atoms with Crippen molar-refractivity contribution in [2.45, 2.75) is 26.3 Å². The van der Waals surface area contributed by atoms with Crippen molar-refractivity contribution < 1.29 is 14.3 Å². The highest BCUT2D eigenvalue weighted by Gasteiger charge is 2.14. The molecule has 0 saturated carbocycles. The second kappa shape index (κ2) is 6.35. The van der Waals surface area contributed by atoms with Gasteiger partial charge in [-0.15, -0.1) is 0 Å². The van der Waals surface area contributed by atoms with Crippen LogP contribution >= 0.6 is 0 Å². The van der Waals surface area contributed by atoms with Gasteiger partial charge < -0.3 is 10.4 Å². The van der Waals surface area contributed by atoms with Crippen molar-refractivity contribution in [1.82, 2.24) is 5.32 Å². The van der Waals surface area contributed by atoms with E-state index in [1.807, 2.05) is 13.8 Å². The van der Waals surface area contributed by atoms with Gasteiger partial charge in [-0.3, -0.25) is 4.79 Å². The lowest BCUT2D eigenvalue weighted by Gasteiger charge is -2.19. The first kappa shape index (κ1) is 13.6. The average Bonchev–Trinajstić information content (AvgIpc) is 2.28. The minimum atomic E-state index is -0.315. The van der Waals surface area contributed by atoms with Crippen LogP contribution in [0.1, 0.15) is 19.4 Å². The van der Waals surface area contributed by atoms with Crippen molar-refractivity contribution in [1.29, 1.82) is 0 Å². The zero-order chi connectivity index (χ0) is 12.8. The van der Waals surface area contributed by atoms with Crippen molar-refractivity contribution in [3.8, 4) is 0 Å². The molecule has 94 valence electrons. The molecular weight excluding hydrogens is 221 g/mol. The fraction of sp³-hybridized carbons (Fsp3) is 0.462. The Morgan fingerprint density at radius 3 is 2.41 bits per heavy atom. The number of carbonyl (C=O) groups is 1. The fourth-order valence-electron chi connectivity index (χ4n) is 1.47. The number of amides is 1. The quantitative estimate of drug-likeness (QED) is 0.818. The lowest BCUT2D eigenvalue weighted by molar-refractivity contribution is -0.121. The van der Waals surface area contributed by atoms with Crippen molar-refractivity contribution >= 4 is 5.91 Å². The first-order chi connectivity index (χ1) is 8.02. The van der Waals surface area contributed by atoms with E-state index >= 15 is 0 Å². The lowest BCUT2D eigenvalue weighted by atomic mass is 10.0. The molecule has 0 radical (unpaired) electrons. The number of halogens is 1. The minimum Gasteiger partial charge on any atom is -0.394 e. The summed E-state index contributed by atoms with van der Waals surface area (Å²) in [4.78, 5) is 11.7. The van der Waals surface area contributed by atoms with Crippen LogP contribution in [0.15, 0.2) is 24.3 Å². The minimum absolute atomic E-state index is 0.0766. The number of carbonyl (C=O) groups excluding carboxylic acids is 1. The molecular formula is C13H18FNO2. The number of aliphatic hydroxyl groups is 1. The largest absolute Gasteiger partial charge is 0.394 e. The van der Waals surface area contributed by atoms with Gasteiger partial charge in [-0.1, -0.05) is 26.0 Å². The summed E-state index contributed by atoms with van der Waals surface area (Å²) in [6.45, 7) is 3.78. The van der Waals surface area contributed by atoms with E-state index in [9.17, 15) is 9.18 Å². The molecule has 1 amide bonds. The summed E-state index contributed by atoms with van der Waals surface area (Å²) in [5, 5.41) is 11.8. The van der Waals surface area contributed by atoms with Crippen molar-refractivity contribution in [2.24, 2.45) is 5.92 Å². The molecule has 0 aliphatic carbocycles. The van der Waals surface area contributed by atoms with Crippen LogP contribution in [0.5, 0.6) is 0 Å². The maximum absolute atomic E-state index is 12.7. The summed E-state index contributed by atoms with van der Waals surface area (Å²) in [5.74, 6) is -0.300. The number of rotatable bonds is 5. The second-order valence-corrected chi connectivity index (χ2v) is 4.40. The second-order valence-electron chi connectivity index (χ2n) is 4.40. The van der Waals surface area contributed by atoms with Crippen LogP contribution in [-0.4, -0.2) is 23.7 Å². The first-order valence-electron chi connectivity index (χ1n) is 5.67. The molecule has 0 saturated heterocycles. The molecule has 1 rings (SSSR count). The highest BCUT2D eigenvalue weighted by Crippen LogP contribution is 2.05. The molecule has 0 bridgehead atoms. The monoisotopic (exact) mass is 239 g/mol. The molecule has 1 aromatic carbocycles. The Kier molecular flexibility index (Phi) is 5.10. The maximum atomic E-state index is 12.7. The van der Waals surface area contributed by atoms with Crippen LogP contribution in [0.4, 0.5) is 4.39 Å². The van der Waals surface area contributed by atoms with Crippen LogP contribution in [0.2, 0.25) is 0 Å². The molecule has 0 aliphatic rings. The summed E-state index contributed by atoms with van der Waals surface area (Å²) in [5.41, 5.74) is 0.754. The van der Waals surface area contributed by atoms with Crippen LogP contribution in [0, 0.1) is 11.7 Å². The summed E-state index contributed by atoms with van der Waals surface area (Å²) in [6.07, 6.45) is 0.198. The molecule has 1 atom stereocenters. The Morgan fingerprint density at radius 2 is 1.94 bits per heavy atom. The predicted molar refractivity (Wildman–Crippen MR) is 64.0 cm³/mol. The lowest BCUT2D eigenvalue weighted by Crippen LogP contribution is -2.41. The van der Waals surface area contributed by atoms with E-state index in [-0.39, 0.29) is 36.7 Å². The number of hydrogen-bond donors (Lipinski definition) is 2.